The van der Waals surface area contributed by atoms with Gasteiger partial charge in [0, 0.05) is 12.5 Å². The molecule has 1 N–H and O–H groups in total. The Morgan fingerprint density at radius 2 is 2.06 bits per heavy atom. The van der Waals surface area contributed by atoms with Crippen molar-refractivity contribution < 1.29 is 17.7 Å². The van der Waals surface area contributed by atoms with E-state index in [0.29, 0.717) is 5.89 Å². The molecular weight excluding hydrogens is 247 g/mol. The SMILES string of the molecule is CCC(c1nc(CCC(F)(F)F)no1)C(C)NC. The first-order valence-electron chi connectivity index (χ1n) is 5.93. The minimum absolute atomic E-state index is 0.0159. The zero-order chi connectivity index (χ0) is 13.8. The molecule has 4 nitrogen and oxygen atoms in total. The number of likely N-dealkylation sites (N-methyl/N-ethyl adjacent to an activating group) is 1. The fraction of sp³-hybridized carbons (Fsp3) is 0.818. The van der Waals surface area contributed by atoms with Gasteiger partial charge in [-0.2, -0.15) is 18.2 Å². The van der Waals surface area contributed by atoms with Crippen LogP contribution in [0.1, 0.15) is 44.3 Å². The summed E-state index contributed by atoms with van der Waals surface area (Å²) in [5.74, 6) is 0.530. The van der Waals surface area contributed by atoms with Crippen molar-refractivity contribution in [2.75, 3.05) is 7.05 Å². The number of nitrogens with one attached hydrogen (secondary N) is 1. The van der Waals surface area contributed by atoms with Gasteiger partial charge < -0.3 is 9.84 Å². The molecule has 1 heterocycles. The summed E-state index contributed by atoms with van der Waals surface area (Å²) in [7, 11) is 1.81. The summed E-state index contributed by atoms with van der Waals surface area (Å²) in [6.07, 6.45) is -4.58. The largest absolute Gasteiger partial charge is 0.389 e. The maximum absolute atomic E-state index is 12.1. The van der Waals surface area contributed by atoms with Gasteiger partial charge in [0.15, 0.2) is 5.82 Å². The molecule has 0 aliphatic carbocycles. The van der Waals surface area contributed by atoms with Crippen molar-refractivity contribution >= 4 is 0 Å². The van der Waals surface area contributed by atoms with Gasteiger partial charge in [0.2, 0.25) is 5.89 Å². The number of hydrogen-bond donors (Lipinski definition) is 1. The summed E-state index contributed by atoms with van der Waals surface area (Å²) in [5, 5.41) is 6.66. The number of aromatic nitrogens is 2. The van der Waals surface area contributed by atoms with Crippen molar-refractivity contribution in [2.45, 2.75) is 51.2 Å². The van der Waals surface area contributed by atoms with Crippen molar-refractivity contribution in [1.29, 1.82) is 0 Å². The van der Waals surface area contributed by atoms with Crippen LogP contribution in [-0.2, 0) is 6.42 Å². The molecule has 104 valence electrons. The predicted octanol–water partition coefficient (Wildman–Crippen LogP) is 2.67. The molecule has 0 radical (unpaired) electrons. The standard InChI is InChI=1S/C11H18F3N3O/c1-4-8(7(2)15-3)10-16-9(17-18-10)5-6-11(12,13)14/h7-8,15H,4-6H2,1-3H3. The first-order chi connectivity index (χ1) is 8.37. The molecule has 18 heavy (non-hydrogen) atoms. The Kier molecular flexibility index (Phi) is 5.13. The lowest BCUT2D eigenvalue weighted by Crippen LogP contribution is -2.28. The third kappa shape index (κ3) is 4.29. The van der Waals surface area contributed by atoms with Crippen LogP contribution in [0.25, 0.3) is 0 Å². The van der Waals surface area contributed by atoms with Crippen LogP contribution < -0.4 is 5.32 Å². The molecule has 7 heteroatoms. The zero-order valence-electron chi connectivity index (χ0n) is 10.7. The summed E-state index contributed by atoms with van der Waals surface area (Å²) < 4.78 is 41.2. The molecular formula is C11H18F3N3O. The van der Waals surface area contributed by atoms with E-state index >= 15 is 0 Å². The summed E-state index contributed by atoms with van der Waals surface area (Å²) in [4.78, 5) is 4.04. The van der Waals surface area contributed by atoms with Crippen molar-refractivity contribution in [1.82, 2.24) is 15.5 Å². The monoisotopic (exact) mass is 265 g/mol. The van der Waals surface area contributed by atoms with E-state index in [2.05, 4.69) is 15.5 Å². The van der Waals surface area contributed by atoms with Gasteiger partial charge in [-0.15, -0.1) is 0 Å². The van der Waals surface area contributed by atoms with E-state index in [4.69, 9.17) is 4.52 Å². The van der Waals surface area contributed by atoms with Crippen LogP contribution in [-0.4, -0.2) is 29.4 Å². The van der Waals surface area contributed by atoms with E-state index in [1.165, 1.54) is 0 Å². The number of alkyl halides is 3. The zero-order valence-corrected chi connectivity index (χ0v) is 10.7. The molecule has 1 aromatic rings. The summed E-state index contributed by atoms with van der Waals surface area (Å²) >= 11 is 0. The van der Waals surface area contributed by atoms with Crippen LogP contribution in [0.15, 0.2) is 4.52 Å². The van der Waals surface area contributed by atoms with E-state index < -0.39 is 12.6 Å². The molecule has 2 atom stereocenters. The number of aryl methyl sites for hydroxylation is 1. The second-order valence-corrected chi connectivity index (χ2v) is 4.26. The molecule has 0 aromatic carbocycles. The van der Waals surface area contributed by atoms with Gasteiger partial charge in [-0.25, -0.2) is 0 Å². The molecule has 0 bridgehead atoms. The second-order valence-electron chi connectivity index (χ2n) is 4.26. The Morgan fingerprint density at radius 3 is 2.56 bits per heavy atom. The van der Waals surface area contributed by atoms with E-state index in [1.54, 1.807) is 0 Å². The summed E-state index contributed by atoms with van der Waals surface area (Å²) in [6.45, 7) is 3.94. The van der Waals surface area contributed by atoms with Gasteiger partial charge >= 0.3 is 6.18 Å². The van der Waals surface area contributed by atoms with Crippen molar-refractivity contribution in [3.8, 4) is 0 Å². The Labute approximate surface area is 104 Å². The van der Waals surface area contributed by atoms with E-state index in [1.807, 2.05) is 20.9 Å². The van der Waals surface area contributed by atoms with Crippen molar-refractivity contribution in [3.05, 3.63) is 11.7 Å². The normalized spacial score (nSPS) is 15.7. The van der Waals surface area contributed by atoms with Gasteiger partial charge in [0.1, 0.15) is 0 Å². The third-order valence-electron chi connectivity index (χ3n) is 2.93. The van der Waals surface area contributed by atoms with Gasteiger partial charge in [0.25, 0.3) is 0 Å². The van der Waals surface area contributed by atoms with Crippen molar-refractivity contribution in [3.63, 3.8) is 0 Å². The van der Waals surface area contributed by atoms with Crippen LogP contribution in [0.2, 0.25) is 0 Å². The Bertz CT molecular complexity index is 365. The minimum atomic E-state index is -4.19. The average Bonchev–Trinajstić information content (AvgIpc) is 2.75. The molecule has 2 unspecified atom stereocenters. The summed E-state index contributed by atoms with van der Waals surface area (Å²) in [6, 6.07) is 0.130. The van der Waals surface area contributed by atoms with Crippen LogP contribution in [0, 0.1) is 0 Å². The third-order valence-corrected chi connectivity index (χ3v) is 2.93. The van der Waals surface area contributed by atoms with Gasteiger partial charge in [-0.05, 0) is 20.4 Å². The van der Waals surface area contributed by atoms with Gasteiger partial charge in [-0.3, -0.25) is 0 Å². The fourth-order valence-electron chi connectivity index (χ4n) is 1.72. The molecule has 0 amide bonds. The average molecular weight is 265 g/mol. The Balaban J connectivity index is 2.67. The maximum atomic E-state index is 12.1. The fourth-order valence-corrected chi connectivity index (χ4v) is 1.72. The number of hydrogen-bond acceptors (Lipinski definition) is 4. The lowest BCUT2D eigenvalue weighted by molar-refractivity contribution is -0.134. The lowest BCUT2D eigenvalue weighted by atomic mass is 9.98. The maximum Gasteiger partial charge on any atom is 0.389 e. The van der Waals surface area contributed by atoms with Crippen LogP contribution >= 0.6 is 0 Å². The molecule has 0 spiro atoms. The van der Waals surface area contributed by atoms with Crippen LogP contribution in [0.4, 0.5) is 13.2 Å². The smallest absolute Gasteiger partial charge is 0.339 e. The molecule has 0 saturated heterocycles. The number of rotatable bonds is 6. The second kappa shape index (κ2) is 6.17. The van der Waals surface area contributed by atoms with Gasteiger partial charge in [0.05, 0.1) is 12.3 Å². The molecule has 0 aliphatic rings. The summed E-state index contributed by atoms with van der Waals surface area (Å²) in [5.41, 5.74) is 0. The van der Waals surface area contributed by atoms with E-state index in [9.17, 15) is 13.2 Å². The highest BCUT2D eigenvalue weighted by Gasteiger charge is 2.28. The number of halogens is 3. The first kappa shape index (κ1) is 14.9. The Morgan fingerprint density at radius 1 is 1.39 bits per heavy atom. The predicted molar refractivity (Wildman–Crippen MR) is 60.2 cm³/mol. The molecule has 0 fully saturated rings. The van der Waals surface area contributed by atoms with Crippen LogP contribution in [0.5, 0.6) is 0 Å². The molecule has 1 rings (SSSR count). The van der Waals surface area contributed by atoms with Crippen molar-refractivity contribution in [2.24, 2.45) is 0 Å². The first-order valence-corrected chi connectivity index (χ1v) is 5.93. The topological polar surface area (TPSA) is 51.0 Å². The highest BCUT2D eigenvalue weighted by molar-refractivity contribution is 4.98. The molecule has 1 aromatic heterocycles. The molecule has 0 aliphatic heterocycles. The van der Waals surface area contributed by atoms with Crippen LogP contribution in [0.3, 0.4) is 0 Å². The Hall–Kier alpha value is -1.11. The number of nitrogens with zero attached hydrogens (tertiary/aromatic N) is 2. The minimum Gasteiger partial charge on any atom is -0.339 e. The van der Waals surface area contributed by atoms with E-state index in [-0.39, 0.29) is 24.2 Å². The van der Waals surface area contributed by atoms with Gasteiger partial charge in [-0.1, -0.05) is 12.1 Å². The highest BCUT2D eigenvalue weighted by Crippen LogP contribution is 2.24. The molecule has 0 saturated carbocycles. The quantitative estimate of drug-likeness (QED) is 0.859. The van der Waals surface area contributed by atoms with E-state index in [0.717, 1.165) is 6.42 Å². The highest BCUT2D eigenvalue weighted by atomic mass is 19.4. The lowest BCUT2D eigenvalue weighted by Gasteiger charge is -2.17.